The Labute approximate surface area is 119 Å². The van der Waals surface area contributed by atoms with Crippen LogP contribution >= 0.6 is 0 Å². The van der Waals surface area contributed by atoms with Gasteiger partial charge in [-0.25, -0.2) is 0 Å². The monoisotopic (exact) mass is 297 g/mol. The molecule has 0 aliphatic carbocycles. The van der Waals surface area contributed by atoms with Crippen molar-refractivity contribution in [3.63, 3.8) is 0 Å². The molecule has 1 aromatic rings. The van der Waals surface area contributed by atoms with Gasteiger partial charge in [0, 0.05) is 6.20 Å². The van der Waals surface area contributed by atoms with Gasteiger partial charge in [0.15, 0.2) is 6.23 Å². The lowest BCUT2D eigenvalue weighted by molar-refractivity contribution is -0.109. The molecule has 21 heavy (non-hydrogen) atoms. The van der Waals surface area contributed by atoms with Gasteiger partial charge < -0.3 is 31.0 Å². The Morgan fingerprint density at radius 1 is 1.67 bits per heavy atom. The molecule has 0 aromatic carbocycles. The summed E-state index contributed by atoms with van der Waals surface area (Å²) < 4.78 is 6.43. The molecule has 0 saturated carbocycles. The van der Waals surface area contributed by atoms with Crippen LogP contribution in [0.2, 0.25) is 0 Å². The molecule has 1 aliphatic heterocycles. The van der Waals surface area contributed by atoms with Crippen molar-refractivity contribution in [1.29, 1.82) is 5.26 Å². The first-order valence-corrected chi connectivity index (χ1v) is 5.95. The first kappa shape index (κ1) is 15.2. The fourth-order valence-electron chi connectivity index (χ4n) is 2.27. The van der Waals surface area contributed by atoms with Crippen molar-refractivity contribution in [3.05, 3.63) is 17.9 Å². The van der Waals surface area contributed by atoms with Crippen molar-refractivity contribution in [3.8, 4) is 6.07 Å². The molecular weight excluding hydrogens is 282 g/mol. The maximum absolute atomic E-state index is 10.4. The van der Waals surface area contributed by atoms with Crippen LogP contribution in [-0.4, -0.2) is 54.0 Å². The third-order valence-corrected chi connectivity index (χ3v) is 3.45. The van der Waals surface area contributed by atoms with E-state index >= 15 is 0 Å². The third-order valence-electron chi connectivity index (χ3n) is 3.45. The number of nitrogens with two attached hydrogens (primary N) is 1. The summed E-state index contributed by atoms with van der Waals surface area (Å²) in [6.45, 7) is 0.396. The predicted octanol–water partition coefficient (Wildman–Crippen LogP) is -2.35. The molecule has 2 rings (SSSR count). The largest absolute Gasteiger partial charge is 0.408 e. The summed E-state index contributed by atoms with van der Waals surface area (Å²) in [4.78, 5) is 3.73. The standard InChI is InChI=1S/C11H15N5O5/c1-10(19)7(18)11(4-12,5-17)21-8(10)16-3-2-6(13)14-9(16)15-20/h2-3,7-8,17-20H,5H2,1H3,(H2,13,14,15)/t7-,8+,10+,11+/m0/s1. The van der Waals surface area contributed by atoms with Crippen molar-refractivity contribution in [2.45, 2.75) is 30.5 Å². The molecule has 1 aliphatic rings. The molecule has 6 N–H and O–H groups in total. The van der Waals surface area contributed by atoms with Gasteiger partial charge in [0.25, 0.3) is 5.62 Å². The van der Waals surface area contributed by atoms with Crippen molar-refractivity contribution < 1.29 is 25.3 Å². The van der Waals surface area contributed by atoms with Crippen molar-refractivity contribution in [1.82, 2.24) is 9.55 Å². The van der Waals surface area contributed by atoms with Crippen molar-refractivity contribution in [2.24, 2.45) is 5.16 Å². The summed E-state index contributed by atoms with van der Waals surface area (Å²) in [5.41, 5.74) is 1.22. The molecule has 1 fully saturated rings. The predicted molar refractivity (Wildman–Crippen MR) is 66.2 cm³/mol. The number of anilines is 1. The van der Waals surface area contributed by atoms with Crippen LogP contribution in [0.25, 0.3) is 0 Å². The fourth-order valence-corrected chi connectivity index (χ4v) is 2.27. The van der Waals surface area contributed by atoms with E-state index in [-0.39, 0.29) is 11.4 Å². The lowest BCUT2D eigenvalue weighted by Crippen LogP contribution is -2.51. The Balaban J connectivity index is 2.59. The zero-order valence-electron chi connectivity index (χ0n) is 11.1. The van der Waals surface area contributed by atoms with Gasteiger partial charge in [0.2, 0.25) is 5.60 Å². The van der Waals surface area contributed by atoms with E-state index in [2.05, 4.69) is 10.1 Å². The number of rotatable bonds is 2. The molecule has 114 valence electrons. The van der Waals surface area contributed by atoms with Gasteiger partial charge in [-0.15, -0.1) is 0 Å². The fraction of sp³-hybridized carbons (Fsp3) is 0.545. The topological polar surface area (TPSA) is 170 Å². The summed E-state index contributed by atoms with van der Waals surface area (Å²) in [5, 5.41) is 50.9. The molecule has 2 heterocycles. The van der Waals surface area contributed by atoms with Crippen molar-refractivity contribution >= 4 is 5.82 Å². The van der Waals surface area contributed by atoms with Gasteiger partial charge in [-0.1, -0.05) is 0 Å². The number of nitrogen functional groups attached to an aromatic ring is 1. The summed E-state index contributed by atoms with van der Waals surface area (Å²) >= 11 is 0. The second-order valence-electron chi connectivity index (χ2n) is 4.92. The second-order valence-corrected chi connectivity index (χ2v) is 4.92. The summed E-state index contributed by atoms with van der Waals surface area (Å²) in [5.74, 6) is 0.0611. The van der Waals surface area contributed by atoms with E-state index in [0.29, 0.717) is 0 Å². The van der Waals surface area contributed by atoms with Crippen LogP contribution in [0.4, 0.5) is 5.82 Å². The first-order chi connectivity index (χ1) is 9.82. The maximum Gasteiger partial charge on any atom is 0.270 e. The highest BCUT2D eigenvalue weighted by Crippen LogP contribution is 2.43. The van der Waals surface area contributed by atoms with Gasteiger partial charge in [-0.3, -0.25) is 4.57 Å². The highest BCUT2D eigenvalue weighted by atomic mass is 16.6. The first-order valence-electron chi connectivity index (χ1n) is 5.95. The molecule has 0 radical (unpaired) electrons. The molecule has 0 spiro atoms. The minimum atomic E-state index is -2.00. The average molecular weight is 297 g/mol. The third kappa shape index (κ3) is 2.12. The average Bonchev–Trinajstić information content (AvgIpc) is 2.68. The number of hydrogen-bond donors (Lipinski definition) is 5. The molecule has 10 nitrogen and oxygen atoms in total. The van der Waals surface area contributed by atoms with E-state index in [0.717, 1.165) is 4.57 Å². The molecule has 4 atom stereocenters. The van der Waals surface area contributed by atoms with E-state index in [1.807, 2.05) is 0 Å². The molecule has 10 heteroatoms. The Morgan fingerprint density at radius 3 is 2.81 bits per heavy atom. The van der Waals surface area contributed by atoms with Gasteiger partial charge in [-0.05, 0) is 18.1 Å². The van der Waals surface area contributed by atoms with Crippen molar-refractivity contribution in [2.75, 3.05) is 12.3 Å². The molecule has 0 amide bonds. The van der Waals surface area contributed by atoms with Crippen LogP contribution in [-0.2, 0) is 4.74 Å². The maximum atomic E-state index is 10.4. The molecule has 0 unspecified atom stereocenters. The van der Waals surface area contributed by atoms with Crippen LogP contribution in [0.5, 0.6) is 0 Å². The Morgan fingerprint density at radius 2 is 2.33 bits per heavy atom. The van der Waals surface area contributed by atoms with Gasteiger partial charge in [-0.2, -0.15) is 10.2 Å². The Hall–Kier alpha value is -2.19. The SMILES string of the molecule is C[C@]1(O)[C@H](n2ccc(N)n/c2=N\O)O[C@](C#N)(CO)[C@H]1O. The number of aliphatic hydroxyl groups is 3. The molecular formula is C11H15N5O5. The zero-order valence-corrected chi connectivity index (χ0v) is 11.1. The lowest BCUT2D eigenvalue weighted by atomic mass is 9.89. The lowest BCUT2D eigenvalue weighted by Gasteiger charge is -2.28. The minimum absolute atomic E-state index is 0.0611. The molecule has 0 bridgehead atoms. The molecule has 1 aromatic heterocycles. The number of aliphatic hydroxyl groups excluding tert-OH is 2. The number of aromatic nitrogens is 2. The second kappa shape index (κ2) is 4.97. The quantitative estimate of drug-likeness (QED) is 0.298. The highest BCUT2D eigenvalue weighted by Gasteiger charge is 2.62. The summed E-state index contributed by atoms with van der Waals surface area (Å²) in [7, 11) is 0. The number of ether oxygens (including phenoxy) is 1. The highest BCUT2D eigenvalue weighted by molar-refractivity contribution is 5.24. The van der Waals surface area contributed by atoms with Gasteiger partial charge in [0.1, 0.15) is 23.6 Å². The van der Waals surface area contributed by atoms with E-state index in [9.17, 15) is 15.3 Å². The van der Waals surface area contributed by atoms with E-state index in [1.54, 1.807) is 6.07 Å². The number of nitriles is 1. The van der Waals surface area contributed by atoms with E-state index in [1.165, 1.54) is 19.2 Å². The van der Waals surface area contributed by atoms with Crippen LogP contribution in [0.1, 0.15) is 13.2 Å². The number of nitrogens with zero attached hydrogens (tertiary/aromatic N) is 4. The Bertz CT molecular complexity index is 651. The van der Waals surface area contributed by atoms with Crippen LogP contribution in [0, 0.1) is 11.3 Å². The number of hydrogen-bond acceptors (Lipinski definition) is 9. The minimum Gasteiger partial charge on any atom is -0.408 e. The smallest absolute Gasteiger partial charge is 0.270 e. The van der Waals surface area contributed by atoms with E-state index in [4.69, 9.17) is 20.9 Å². The van der Waals surface area contributed by atoms with Crippen LogP contribution in [0.15, 0.2) is 17.4 Å². The molecule has 1 saturated heterocycles. The summed E-state index contributed by atoms with van der Waals surface area (Å²) in [6, 6.07) is 3.00. The zero-order chi connectivity index (χ0) is 15.8. The van der Waals surface area contributed by atoms with Gasteiger partial charge >= 0.3 is 0 Å². The van der Waals surface area contributed by atoms with Gasteiger partial charge in [0.05, 0.1) is 6.61 Å². The Kier molecular flexibility index (Phi) is 3.60. The van der Waals surface area contributed by atoms with Crippen LogP contribution < -0.4 is 11.4 Å². The van der Waals surface area contributed by atoms with Crippen LogP contribution in [0.3, 0.4) is 0 Å². The van der Waals surface area contributed by atoms with E-state index < -0.39 is 30.1 Å². The normalized spacial score (nSPS) is 36.6. The summed E-state index contributed by atoms with van der Waals surface area (Å²) in [6.07, 6.45) is -1.70.